The van der Waals surface area contributed by atoms with E-state index < -0.39 is 0 Å². The number of aryl methyl sites for hydroxylation is 1. The molecule has 1 aromatic heterocycles. The summed E-state index contributed by atoms with van der Waals surface area (Å²) in [4.78, 5) is 12.2. The summed E-state index contributed by atoms with van der Waals surface area (Å²) >= 11 is 1.35. The molecule has 1 N–H and O–H groups in total. The van der Waals surface area contributed by atoms with Crippen molar-refractivity contribution in [1.29, 1.82) is 0 Å². The number of carbonyl (C=O) groups excluding carboxylic acids is 1. The van der Waals surface area contributed by atoms with Crippen LogP contribution < -0.4 is 10.1 Å². The van der Waals surface area contributed by atoms with Gasteiger partial charge in [-0.05, 0) is 72.2 Å². The Morgan fingerprint density at radius 2 is 2.04 bits per heavy atom. The Hall–Kier alpha value is -2.87. The summed E-state index contributed by atoms with van der Waals surface area (Å²) in [5.41, 5.74) is 1.86. The number of benzene rings is 2. The van der Waals surface area contributed by atoms with Crippen molar-refractivity contribution in [3.8, 4) is 11.5 Å². The fourth-order valence-electron chi connectivity index (χ4n) is 2.58. The van der Waals surface area contributed by atoms with Gasteiger partial charge in [0.1, 0.15) is 11.5 Å². The quantitative estimate of drug-likeness (QED) is 0.626. The van der Waals surface area contributed by atoms with Crippen LogP contribution in [0, 0.1) is 6.92 Å². The molecule has 0 radical (unpaired) electrons. The van der Waals surface area contributed by atoms with E-state index in [0.29, 0.717) is 11.2 Å². The van der Waals surface area contributed by atoms with Crippen LogP contribution in [0.25, 0.3) is 0 Å². The Balaban J connectivity index is 1.30. The number of aromatic nitrogens is 4. The first kappa shape index (κ1) is 17.5. The number of rotatable bonds is 7. The van der Waals surface area contributed by atoms with E-state index in [1.54, 1.807) is 4.68 Å². The molecule has 0 atom stereocenters. The molecule has 1 aliphatic carbocycles. The molecule has 0 aliphatic heterocycles. The molecule has 1 saturated carbocycles. The van der Waals surface area contributed by atoms with Crippen LogP contribution in [0.1, 0.15) is 24.4 Å². The highest BCUT2D eigenvalue weighted by Crippen LogP contribution is 2.36. The molecular formula is C19H19N5O2S. The van der Waals surface area contributed by atoms with Crippen molar-refractivity contribution < 1.29 is 9.53 Å². The van der Waals surface area contributed by atoms with Crippen molar-refractivity contribution in [2.45, 2.75) is 31.0 Å². The van der Waals surface area contributed by atoms with Crippen LogP contribution in [0.4, 0.5) is 5.69 Å². The molecule has 7 nitrogen and oxygen atoms in total. The highest BCUT2D eigenvalue weighted by Gasteiger charge is 2.28. The number of nitrogens with one attached hydrogen (secondary N) is 1. The van der Waals surface area contributed by atoms with Gasteiger partial charge >= 0.3 is 0 Å². The number of anilines is 1. The summed E-state index contributed by atoms with van der Waals surface area (Å²) in [5, 5.41) is 15.2. The summed E-state index contributed by atoms with van der Waals surface area (Å²) in [6.07, 6.45) is 2.20. The van der Waals surface area contributed by atoms with E-state index in [1.807, 2.05) is 55.5 Å². The predicted molar refractivity (Wildman–Crippen MR) is 103 cm³/mol. The van der Waals surface area contributed by atoms with Crippen LogP contribution in [0.3, 0.4) is 0 Å². The predicted octanol–water partition coefficient (Wildman–Crippen LogP) is 3.84. The maximum absolute atomic E-state index is 12.2. The second-order valence-corrected chi connectivity index (χ2v) is 7.36. The largest absolute Gasteiger partial charge is 0.457 e. The molecule has 0 bridgehead atoms. The Morgan fingerprint density at radius 3 is 2.78 bits per heavy atom. The topological polar surface area (TPSA) is 81.9 Å². The molecular weight excluding hydrogens is 362 g/mol. The van der Waals surface area contributed by atoms with Crippen molar-refractivity contribution in [3.05, 3.63) is 54.1 Å². The van der Waals surface area contributed by atoms with Crippen molar-refractivity contribution >= 4 is 23.4 Å². The zero-order valence-corrected chi connectivity index (χ0v) is 15.6. The molecule has 1 fully saturated rings. The second-order valence-electron chi connectivity index (χ2n) is 6.42. The normalized spacial score (nSPS) is 13.4. The number of carbonyl (C=O) groups is 1. The van der Waals surface area contributed by atoms with E-state index in [1.165, 1.54) is 11.8 Å². The molecule has 138 valence electrons. The van der Waals surface area contributed by atoms with Crippen LogP contribution in [0.5, 0.6) is 11.5 Å². The van der Waals surface area contributed by atoms with E-state index in [0.717, 1.165) is 35.6 Å². The van der Waals surface area contributed by atoms with Gasteiger partial charge in [0.05, 0.1) is 11.8 Å². The van der Waals surface area contributed by atoms with Crippen molar-refractivity contribution in [3.63, 3.8) is 0 Å². The third-order valence-corrected chi connectivity index (χ3v) is 4.98. The van der Waals surface area contributed by atoms with E-state index in [-0.39, 0.29) is 11.7 Å². The summed E-state index contributed by atoms with van der Waals surface area (Å²) in [6.45, 7) is 2.02. The lowest BCUT2D eigenvalue weighted by Gasteiger charge is -2.08. The first-order valence-corrected chi connectivity index (χ1v) is 9.71. The molecule has 0 unspecified atom stereocenters. The van der Waals surface area contributed by atoms with Crippen LogP contribution in [-0.2, 0) is 4.79 Å². The Morgan fingerprint density at radius 1 is 1.22 bits per heavy atom. The minimum Gasteiger partial charge on any atom is -0.457 e. The van der Waals surface area contributed by atoms with Crippen LogP contribution in [-0.4, -0.2) is 31.9 Å². The number of amides is 1. The molecule has 3 aromatic rings. The Labute approximate surface area is 161 Å². The fraction of sp³-hybridized carbons (Fsp3) is 0.263. The highest BCUT2D eigenvalue weighted by molar-refractivity contribution is 7.99. The van der Waals surface area contributed by atoms with Crippen molar-refractivity contribution in [2.75, 3.05) is 11.1 Å². The van der Waals surface area contributed by atoms with Crippen LogP contribution >= 0.6 is 11.8 Å². The molecule has 8 heteroatoms. The standard InChI is InChI=1S/C19H19N5O2S/c1-13-3-2-4-17(11-13)26-16-9-5-14(6-10-16)20-18(25)12-27-19-21-22-23-24(19)15-7-8-15/h2-6,9-11,15H,7-8,12H2,1H3,(H,20,25). The van der Waals surface area contributed by atoms with E-state index >= 15 is 0 Å². The summed E-state index contributed by atoms with van der Waals surface area (Å²) in [6, 6.07) is 15.6. The minimum atomic E-state index is -0.0994. The number of tetrazole rings is 1. The first-order valence-electron chi connectivity index (χ1n) is 8.72. The third-order valence-electron chi connectivity index (χ3n) is 4.05. The zero-order valence-electron chi connectivity index (χ0n) is 14.8. The van der Waals surface area contributed by atoms with Gasteiger partial charge in [0, 0.05) is 5.69 Å². The smallest absolute Gasteiger partial charge is 0.234 e. The van der Waals surface area contributed by atoms with Crippen molar-refractivity contribution in [1.82, 2.24) is 20.2 Å². The summed E-state index contributed by atoms with van der Waals surface area (Å²) in [5.74, 6) is 1.67. The lowest BCUT2D eigenvalue weighted by atomic mass is 10.2. The fourth-order valence-corrected chi connectivity index (χ4v) is 3.32. The van der Waals surface area contributed by atoms with Gasteiger partial charge in [-0.25, -0.2) is 4.68 Å². The zero-order chi connectivity index (χ0) is 18.6. The number of hydrogen-bond acceptors (Lipinski definition) is 6. The lowest BCUT2D eigenvalue weighted by molar-refractivity contribution is -0.113. The third kappa shape index (κ3) is 4.65. The Bertz CT molecular complexity index is 937. The molecule has 0 spiro atoms. The number of ether oxygens (including phenoxy) is 1. The van der Waals surface area contributed by atoms with Gasteiger partial charge in [-0.1, -0.05) is 23.9 Å². The first-order chi connectivity index (χ1) is 13.2. The molecule has 2 aromatic carbocycles. The molecule has 1 heterocycles. The second kappa shape index (κ2) is 7.79. The van der Waals surface area contributed by atoms with Gasteiger partial charge in [-0.15, -0.1) is 5.10 Å². The monoisotopic (exact) mass is 381 g/mol. The average molecular weight is 381 g/mol. The van der Waals surface area contributed by atoms with Crippen LogP contribution in [0.15, 0.2) is 53.7 Å². The van der Waals surface area contributed by atoms with E-state index in [2.05, 4.69) is 20.8 Å². The van der Waals surface area contributed by atoms with Gasteiger partial charge in [-0.3, -0.25) is 4.79 Å². The van der Waals surface area contributed by atoms with E-state index in [9.17, 15) is 4.79 Å². The van der Waals surface area contributed by atoms with Crippen LogP contribution in [0.2, 0.25) is 0 Å². The maximum Gasteiger partial charge on any atom is 0.234 e. The lowest BCUT2D eigenvalue weighted by Crippen LogP contribution is -2.14. The highest BCUT2D eigenvalue weighted by atomic mass is 32.2. The van der Waals surface area contributed by atoms with Gasteiger partial charge in [-0.2, -0.15) is 0 Å². The summed E-state index contributed by atoms with van der Waals surface area (Å²) in [7, 11) is 0. The summed E-state index contributed by atoms with van der Waals surface area (Å²) < 4.78 is 7.62. The average Bonchev–Trinajstić information content (AvgIpc) is 3.39. The maximum atomic E-state index is 12.2. The van der Waals surface area contributed by atoms with Gasteiger partial charge < -0.3 is 10.1 Å². The van der Waals surface area contributed by atoms with Gasteiger partial charge in [0.15, 0.2) is 0 Å². The van der Waals surface area contributed by atoms with Gasteiger partial charge in [0.2, 0.25) is 11.1 Å². The molecule has 0 saturated heterocycles. The minimum absolute atomic E-state index is 0.0994. The number of hydrogen-bond donors (Lipinski definition) is 1. The molecule has 1 aliphatic rings. The SMILES string of the molecule is Cc1cccc(Oc2ccc(NC(=O)CSc3nnnn3C3CC3)cc2)c1. The number of nitrogens with zero attached hydrogens (tertiary/aromatic N) is 4. The van der Waals surface area contributed by atoms with Crippen molar-refractivity contribution in [2.24, 2.45) is 0 Å². The Kier molecular flexibility index (Phi) is 5.06. The molecule has 27 heavy (non-hydrogen) atoms. The van der Waals surface area contributed by atoms with Gasteiger partial charge in [0.25, 0.3) is 0 Å². The number of thioether (sulfide) groups is 1. The molecule has 1 amide bonds. The molecule has 4 rings (SSSR count). The van der Waals surface area contributed by atoms with E-state index in [4.69, 9.17) is 4.74 Å².